The SMILES string of the molecule is CCOC1=CC(CC=O)C(CCCNCCCc2cc(OCC)cc(OCC)c2)(C(C)C)C(OCC)=C1. The van der Waals surface area contributed by atoms with E-state index in [0.717, 1.165) is 68.1 Å². The molecule has 0 heterocycles. The molecule has 0 radical (unpaired) electrons. The largest absolute Gasteiger partial charge is 0.497 e. The lowest BCUT2D eigenvalue weighted by molar-refractivity contribution is -0.109. The Balaban J connectivity index is 1.96. The second kappa shape index (κ2) is 16.4. The van der Waals surface area contributed by atoms with Crippen molar-refractivity contribution in [2.24, 2.45) is 17.3 Å². The first-order valence-electron chi connectivity index (χ1n) is 14.2. The van der Waals surface area contributed by atoms with E-state index in [1.165, 1.54) is 5.56 Å². The molecule has 0 saturated heterocycles. The average molecular weight is 516 g/mol. The van der Waals surface area contributed by atoms with Gasteiger partial charge in [0.1, 0.15) is 29.3 Å². The summed E-state index contributed by atoms with van der Waals surface area (Å²) in [5.41, 5.74) is 1.02. The Morgan fingerprint density at radius 2 is 1.51 bits per heavy atom. The number of benzene rings is 1. The van der Waals surface area contributed by atoms with Gasteiger partial charge in [-0.25, -0.2) is 0 Å². The fourth-order valence-electron chi connectivity index (χ4n) is 5.44. The van der Waals surface area contributed by atoms with E-state index in [0.29, 0.717) is 38.8 Å². The van der Waals surface area contributed by atoms with Crippen LogP contribution in [0.15, 0.2) is 41.9 Å². The Morgan fingerprint density at radius 1 is 0.892 bits per heavy atom. The predicted molar refractivity (Wildman–Crippen MR) is 150 cm³/mol. The maximum absolute atomic E-state index is 11.6. The maximum Gasteiger partial charge on any atom is 0.123 e. The summed E-state index contributed by atoms with van der Waals surface area (Å²) in [6, 6.07) is 6.18. The summed E-state index contributed by atoms with van der Waals surface area (Å²) in [4.78, 5) is 11.6. The lowest BCUT2D eigenvalue weighted by Crippen LogP contribution is -2.41. The first kappa shape index (κ1) is 30.8. The smallest absolute Gasteiger partial charge is 0.123 e. The number of ether oxygens (including phenoxy) is 4. The molecule has 2 atom stereocenters. The number of carbonyl (C=O) groups is 1. The van der Waals surface area contributed by atoms with Crippen LogP contribution in [0.4, 0.5) is 0 Å². The van der Waals surface area contributed by atoms with E-state index in [-0.39, 0.29) is 11.3 Å². The highest BCUT2D eigenvalue weighted by Gasteiger charge is 2.46. The monoisotopic (exact) mass is 515 g/mol. The molecule has 0 saturated carbocycles. The Hall–Kier alpha value is -2.47. The van der Waals surface area contributed by atoms with Gasteiger partial charge in [-0.2, -0.15) is 0 Å². The summed E-state index contributed by atoms with van der Waals surface area (Å²) in [7, 11) is 0. The van der Waals surface area contributed by atoms with Crippen LogP contribution in [0.25, 0.3) is 0 Å². The highest BCUT2D eigenvalue weighted by molar-refractivity contribution is 5.52. The summed E-state index contributed by atoms with van der Waals surface area (Å²) < 4.78 is 23.4. The van der Waals surface area contributed by atoms with Crippen LogP contribution in [-0.2, 0) is 20.7 Å². The number of hydrogen-bond donors (Lipinski definition) is 1. The van der Waals surface area contributed by atoms with Crippen LogP contribution < -0.4 is 14.8 Å². The zero-order chi connectivity index (χ0) is 27.1. The molecule has 0 spiro atoms. The summed E-state index contributed by atoms with van der Waals surface area (Å²) in [6.45, 7) is 16.8. The molecule has 0 amide bonds. The standard InChI is InChI=1S/C31H49NO5/c1-7-34-27-19-25(20-28(22-27)35-8-2)13-11-16-32-17-12-15-31(24(5)6)26(14-18-33)21-29(36-9-3)23-30(31)37-10-4/h18-24,26,32H,7-17H2,1-6H3. The zero-order valence-corrected chi connectivity index (χ0v) is 23.9. The van der Waals surface area contributed by atoms with E-state index in [9.17, 15) is 4.79 Å². The second-order valence-corrected chi connectivity index (χ2v) is 9.78. The topological polar surface area (TPSA) is 66.0 Å². The number of nitrogens with one attached hydrogen (secondary N) is 1. The van der Waals surface area contributed by atoms with E-state index < -0.39 is 0 Å². The number of rotatable bonds is 19. The molecule has 6 heteroatoms. The maximum atomic E-state index is 11.6. The van der Waals surface area contributed by atoms with Gasteiger partial charge in [-0.15, -0.1) is 0 Å². The van der Waals surface area contributed by atoms with Crippen LogP contribution in [0.3, 0.4) is 0 Å². The van der Waals surface area contributed by atoms with Gasteiger partial charge in [-0.05, 0) is 96.2 Å². The van der Waals surface area contributed by atoms with Crippen LogP contribution in [0.5, 0.6) is 11.5 Å². The summed E-state index contributed by atoms with van der Waals surface area (Å²) in [5.74, 6) is 3.90. The molecule has 1 aromatic carbocycles. The van der Waals surface area contributed by atoms with Crippen molar-refractivity contribution in [2.45, 2.75) is 73.6 Å². The molecule has 1 aliphatic rings. The fraction of sp³-hybridized carbons (Fsp3) is 0.645. The molecule has 0 aliphatic heterocycles. The average Bonchev–Trinajstić information content (AvgIpc) is 2.85. The van der Waals surface area contributed by atoms with Gasteiger partial charge in [0.05, 0.1) is 26.4 Å². The van der Waals surface area contributed by atoms with Crippen LogP contribution in [0.2, 0.25) is 0 Å². The Bertz CT molecular complexity index is 854. The number of allylic oxidation sites excluding steroid dienone is 3. The van der Waals surface area contributed by atoms with Crippen molar-refractivity contribution in [3.8, 4) is 11.5 Å². The number of hydrogen-bond acceptors (Lipinski definition) is 6. The lowest BCUT2D eigenvalue weighted by Gasteiger charge is -2.46. The third kappa shape index (κ3) is 8.80. The number of aryl methyl sites for hydroxylation is 1. The van der Waals surface area contributed by atoms with Crippen molar-refractivity contribution < 1.29 is 23.7 Å². The minimum absolute atomic E-state index is 0.0650. The van der Waals surface area contributed by atoms with E-state index in [1.807, 2.05) is 33.8 Å². The minimum Gasteiger partial charge on any atom is -0.497 e. The number of carbonyl (C=O) groups excluding carboxylic acids is 1. The predicted octanol–water partition coefficient (Wildman–Crippen LogP) is 6.49. The highest BCUT2D eigenvalue weighted by Crippen LogP contribution is 2.51. The van der Waals surface area contributed by atoms with Crippen molar-refractivity contribution >= 4 is 6.29 Å². The normalized spacial score (nSPS) is 19.3. The first-order valence-corrected chi connectivity index (χ1v) is 14.2. The van der Waals surface area contributed by atoms with Crippen molar-refractivity contribution in [3.63, 3.8) is 0 Å². The summed E-state index contributed by atoms with van der Waals surface area (Å²) >= 11 is 0. The molecule has 37 heavy (non-hydrogen) atoms. The van der Waals surface area contributed by atoms with Gasteiger partial charge in [-0.3, -0.25) is 0 Å². The van der Waals surface area contributed by atoms with Gasteiger partial charge < -0.3 is 29.1 Å². The number of aldehydes is 1. The highest BCUT2D eigenvalue weighted by atomic mass is 16.5. The van der Waals surface area contributed by atoms with Gasteiger partial charge in [0.2, 0.25) is 0 Å². The van der Waals surface area contributed by atoms with E-state index in [2.05, 4.69) is 43.4 Å². The van der Waals surface area contributed by atoms with Crippen molar-refractivity contribution in [3.05, 3.63) is 47.4 Å². The van der Waals surface area contributed by atoms with E-state index in [1.54, 1.807) is 0 Å². The molecule has 208 valence electrons. The molecule has 1 aromatic rings. The van der Waals surface area contributed by atoms with Gasteiger partial charge >= 0.3 is 0 Å². The van der Waals surface area contributed by atoms with Crippen molar-refractivity contribution in [1.29, 1.82) is 0 Å². The Kier molecular flexibility index (Phi) is 13.6. The molecule has 1 aliphatic carbocycles. The third-order valence-corrected chi connectivity index (χ3v) is 7.08. The van der Waals surface area contributed by atoms with Gasteiger partial charge in [0.25, 0.3) is 0 Å². The van der Waals surface area contributed by atoms with Gasteiger partial charge in [0.15, 0.2) is 0 Å². The van der Waals surface area contributed by atoms with Crippen LogP contribution in [-0.4, -0.2) is 45.8 Å². The molecule has 0 fully saturated rings. The third-order valence-electron chi connectivity index (χ3n) is 7.08. The Labute approximate surface area is 224 Å². The molecule has 2 unspecified atom stereocenters. The zero-order valence-electron chi connectivity index (χ0n) is 23.9. The first-order chi connectivity index (χ1) is 17.9. The molecule has 0 aromatic heterocycles. The second-order valence-electron chi connectivity index (χ2n) is 9.78. The molecule has 0 bridgehead atoms. The van der Waals surface area contributed by atoms with E-state index >= 15 is 0 Å². The fourth-order valence-corrected chi connectivity index (χ4v) is 5.44. The summed E-state index contributed by atoms with van der Waals surface area (Å²) in [6.07, 6.45) is 9.65. The van der Waals surface area contributed by atoms with Crippen LogP contribution in [0, 0.1) is 17.3 Å². The minimum atomic E-state index is -0.214. The van der Waals surface area contributed by atoms with Crippen molar-refractivity contribution in [1.82, 2.24) is 5.32 Å². The molecular weight excluding hydrogens is 466 g/mol. The molecule has 2 rings (SSSR count). The van der Waals surface area contributed by atoms with Gasteiger partial charge in [-0.1, -0.05) is 13.8 Å². The van der Waals surface area contributed by atoms with Crippen LogP contribution in [0.1, 0.15) is 72.8 Å². The van der Waals surface area contributed by atoms with Gasteiger partial charge in [0, 0.05) is 29.9 Å². The van der Waals surface area contributed by atoms with Crippen LogP contribution >= 0.6 is 0 Å². The molecular formula is C31H49NO5. The quantitative estimate of drug-likeness (QED) is 0.168. The summed E-state index contributed by atoms with van der Waals surface area (Å²) in [5, 5.41) is 3.62. The lowest BCUT2D eigenvalue weighted by atomic mass is 9.61. The molecule has 1 N–H and O–H groups in total. The Morgan fingerprint density at radius 3 is 2.08 bits per heavy atom. The van der Waals surface area contributed by atoms with E-state index in [4.69, 9.17) is 18.9 Å². The molecule has 6 nitrogen and oxygen atoms in total. The van der Waals surface area contributed by atoms with Crippen molar-refractivity contribution in [2.75, 3.05) is 39.5 Å².